The Balaban J connectivity index is 3.37. The fourth-order valence-corrected chi connectivity index (χ4v) is 2.13. The highest BCUT2D eigenvalue weighted by Crippen LogP contribution is 2.45. The van der Waals surface area contributed by atoms with E-state index in [2.05, 4.69) is 0 Å². The number of hydrogen-bond donors (Lipinski definition) is 4. The molecule has 1 aliphatic rings. The summed E-state index contributed by atoms with van der Waals surface area (Å²) in [6.07, 6.45) is 3.81. The van der Waals surface area contributed by atoms with Crippen LogP contribution in [0.4, 0.5) is 0 Å². The number of aliphatic carboxylic acids is 2. The fourth-order valence-electron chi connectivity index (χ4n) is 2.13. The largest absolute Gasteiger partial charge is 0.479 e. The van der Waals surface area contributed by atoms with E-state index in [0.717, 1.165) is 0 Å². The summed E-state index contributed by atoms with van der Waals surface area (Å²) in [7, 11) is 0. The van der Waals surface area contributed by atoms with Gasteiger partial charge in [0.15, 0.2) is 6.10 Å². The summed E-state index contributed by atoms with van der Waals surface area (Å²) in [6.45, 7) is 3.04. The van der Waals surface area contributed by atoms with Gasteiger partial charge in [0, 0.05) is 5.41 Å². The van der Waals surface area contributed by atoms with Gasteiger partial charge in [-0.2, -0.15) is 0 Å². The third-order valence-electron chi connectivity index (χ3n) is 3.68. The molecule has 0 bridgehead atoms. The second-order valence-electron chi connectivity index (χ2n) is 4.63. The van der Waals surface area contributed by atoms with E-state index in [-0.39, 0.29) is 0 Å². The summed E-state index contributed by atoms with van der Waals surface area (Å²) in [6, 6.07) is 0. The molecule has 0 spiro atoms. The average Bonchev–Trinajstić information content (AvgIpc) is 2.30. The van der Waals surface area contributed by atoms with Crippen LogP contribution in [-0.2, 0) is 9.59 Å². The van der Waals surface area contributed by atoms with Crippen molar-refractivity contribution in [1.82, 2.24) is 0 Å². The van der Waals surface area contributed by atoms with E-state index < -0.39 is 35.0 Å². The molecule has 2 unspecified atom stereocenters. The molecule has 0 aromatic heterocycles. The fraction of sp³-hybridized carbons (Fsp3) is 0.500. The van der Waals surface area contributed by atoms with Gasteiger partial charge in [0.25, 0.3) is 0 Å². The van der Waals surface area contributed by atoms with Crippen LogP contribution in [0, 0.1) is 11.3 Å². The van der Waals surface area contributed by atoms with Crippen molar-refractivity contribution >= 4 is 11.9 Å². The third-order valence-corrected chi connectivity index (χ3v) is 3.68. The highest BCUT2D eigenvalue weighted by atomic mass is 16.4. The lowest BCUT2D eigenvalue weighted by atomic mass is 9.61. The zero-order valence-electron chi connectivity index (χ0n) is 10.1. The van der Waals surface area contributed by atoms with Crippen molar-refractivity contribution in [2.24, 2.45) is 11.3 Å². The standard InChI is InChI=1S/C12H16O6/c1-7-5-3-4-6-11(7,2)12(18,10(16)17)8(13)9(14)15/h3-8,13,18H,1-2H3,(H,14,15)(H,16,17)/t7?,8-,11?,12+/m1/s1. The summed E-state index contributed by atoms with van der Waals surface area (Å²) in [4.78, 5) is 22.1. The SMILES string of the molecule is CC1C=CC=CC1(C)[C@@](O)(C(=O)O)[C@H](O)C(=O)O. The number of carbonyl (C=O) groups is 2. The molecule has 18 heavy (non-hydrogen) atoms. The Bertz CT molecular complexity index is 426. The van der Waals surface area contributed by atoms with Crippen LogP contribution in [0.25, 0.3) is 0 Å². The first-order chi connectivity index (χ1) is 8.18. The van der Waals surface area contributed by atoms with E-state index >= 15 is 0 Å². The summed E-state index contributed by atoms with van der Waals surface area (Å²) < 4.78 is 0. The third kappa shape index (κ3) is 1.83. The second kappa shape index (κ2) is 4.55. The quantitative estimate of drug-likeness (QED) is 0.563. The molecule has 6 nitrogen and oxygen atoms in total. The number of aliphatic hydroxyl groups is 2. The van der Waals surface area contributed by atoms with E-state index in [9.17, 15) is 19.8 Å². The summed E-state index contributed by atoms with van der Waals surface area (Å²) in [5.41, 5.74) is -4.23. The molecule has 4 atom stereocenters. The average molecular weight is 256 g/mol. The second-order valence-corrected chi connectivity index (χ2v) is 4.63. The molecule has 0 heterocycles. The van der Waals surface area contributed by atoms with E-state index in [0.29, 0.717) is 0 Å². The number of rotatable bonds is 4. The van der Waals surface area contributed by atoms with Gasteiger partial charge in [-0.25, -0.2) is 9.59 Å². The molecule has 0 aromatic rings. The Morgan fingerprint density at radius 1 is 1.33 bits per heavy atom. The molecular formula is C12H16O6. The van der Waals surface area contributed by atoms with Crippen LogP contribution < -0.4 is 0 Å². The van der Waals surface area contributed by atoms with Gasteiger partial charge in [-0.1, -0.05) is 38.2 Å². The van der Waals surface area contributed by atoms with Crippen LogP contribution in [0.15, 0.2) is 24.3 Å². The van der Waals surface area contributed by atoms with Gasteiger partial charge < -0.3 is 20.4 Å². The van der Waals surface area contributed by atoms with Gasteiger partial charge in [0.2, 0.25) is 5.60 Å². The van der Waals surface area contributed by atoms with Gasteiger partial charge >= 0.3 is 11.9 Å². The minimum Gasteiger partial charge on any atom is -0.479 e. The normalized spacial score (nSPS) is 31.7. The zero-order chi connectivity index (χ0) is 14.1. The molecule has 6 heteroatoms. The van der Waals surface area contributed by atoms with Gasteiger partial charge in [-0.15, -0.1) is 0 Å². The predicted molar refractivity (Wildman–Crippen MR) is 61.8 cm³/mol. The van der Waals surface area contributed by atoms with Gasteiger partial charge in [0.1, 0.15) is 0 Å². The minimum atomic E-state index is -2.81. The van der Waals surface area contributed by atoms with E-state index in [1.165, 1.54) is 19.1 Å². The summed E-state index contributed by atoms with van der Waals surface area (Å²) in [5.74, 6) is -4.00. The van der Waals surface area contributed by atoms with Crippen molar-refractivity contribution in [2.75, 3.05) is 0 Å². The molecule has 4 N–H and O–H groups in total. The van der Waals surface area contributed by atoms with Crippen molar-refractivity contribution in [3.63, 3.8) is 0 Å². The lowest BCUT2D eigenvalue weighted by Gasteiger charge is -2.45. The summed E-state index contributed by atoms with van der Waals surface area (Å²) >= 11 is 0. The Morgan fingerprint density at radius 2 is 1.89 bits per heavy atom. The molecule has 0 amide bonds. The highest BCUT2D eigenvalue weighted by Gasteiger charge is 2.61. The van der Waals surface area contributed by atoms with Crippen LogP contribution in [0.5, 0.6) is 0 Å². The molecule has 0 saturated heterocycles. The zero-order valence-corrected chi connectivity index (χ0v) is 10.1. The molecule has 1 rings (SSSR count). The van der Waals surface area contributed by atoms with Gasteiger partial charge in [-0.05, 0) is 5.92 Å². The maximum absolute atomic E-state index is 11.3. The Kier molecular flexibility index (Phi) is 3.64. The van der Waals surface area contributed by atoms with E-state index in [1.807, 2.05) is 0 Å². The molecule has 0 aliphatic heterocycles. The first kappa shape index (κ1) is 14.4. The van der Waals surface area contributed by atoms with Crippen molar-refractivity contribution in [3.8, 4) is 0 Å². The van der Waals surface area contributed by atoms with Crippen LogP contribution in [0.3, 0.4) is 0 Å². The Labute approximate surface area is 104 Å². The molecule has 0 fully saturated rings. The van der Waals surface area contributed by atoms with Crippen LogP contribution in [0.2, 0.25) is 0 Å². The summed E-state index contributed by atoms with van der Waals surface area (Å²) in [5, 5.41) is 37.8. The molecule has 0 aromatic carbocycles. The molecule has 0 saturated carbocycles. The topological polar surface area (TPSA) is 115 Å². The van der Waals surface area contributed by atoms with Gasteiger partial charge in [0.05, 0.1) is 0 Å². The van der Waals surface area contributed by atoms with Crippen LogP contribution >= 0.6 is 0 Å². The first-order valence-electron chi connectivity index (χ1n) is 5.40. The van der Waals surface area contributed by atoms with E-state index in [4.69, 9.17) is 10.2 Å². The van der Waals surface area contributed by atoms with Crippen LogP contribution in [0.1, 0.15) is 13.8 Å². The van der Waals surface area contributed by atoms with Crippen molar-refractivity contribution in [2.45, 2.75) is 25.6 Å². The lowest BCUT2D eigenvalue weighted by Crippen LogP contribution is -2.64. The first-order valence-corrected chi connectivity index (χ1v) is 5.40. The minimum absolute atomic E-state index is 0.447. The highest BCUT2D eigenvalue weighted by molar-refractivity contribution is 5.88. The predicted octanol–water partition coefficient (Wildman–Crippen LogP) is 0.0160. The number of carboxylic acid groups (broad SMARTS) is 2. The number of hydrogen-bond acceptors (Lipinski definition) is 4. The monoisotopic (exact) mass is 256 g/mol. The Morgan fingerprint density at radius 3 is 2.28 bits per heavy atom. The van der Waals surface area contributed by atoms with Crippen molar-refractivity contribution in [1.29, 1.82) is 0 Å². The molecule has 1 aliphatic carbocycles. The number of allylic oxidation sites excluding steroid dienone is 3. The maximum atomic E-state index is 11.3. The molecule has 100 valence electrons. The van der Waals surface area contributed by atoms with Crippen molar-refractivity contribution in [3.05, 3.63) is 24.3 Å². The molecule has 0 radical (unpaired) electrons. The van der Waals surface area contributed by atoms with E-state index in [1.54, 1.807) is 19.1 Å². The lowest BCUT2D eigenvalue weighted by molar-refractivity contribution is -0.202. The maximum Gasteiger partial charge on any atom is 0.340 e. The smallest absolute Gasteiger partial charge is 0.340 e. The Hall–Kier alpha value is -1.66. The van der Waals surface area contributed by atoms with Crippen molar-refractivity contribution < 1.29 is 30.0 Å². The number of aliphatic hydroxyl groups excluding tert-OH is 1. The number of carboxylic acids is 2. The van der Waals surface area contributed by atoms with Crippen LogP contribution in [-0.4, -0.2) is 44.1 Å². The van der Waals surface area contributed by atoms with Gasteiger partial charge in [-0.3, -0.25) is 0 Å². The molecular weight excluding hydrogens is 240 g/mol.